The molecule has 0 heterocycles. The van der Waals surface area contributed by atoms with Crippen molar-refractivity contribution in [1.29, 1.82) is 0 Å². The second-order valence-corrected chi connectivity index (χ2v) is 12.1. The second-order valence-electron chi connectivity index (χ2n) is 9.98. The third kappa shape index (κ3) is 7.65. The molecule has 6 rings (SSSR count). The Bertz CT molecular complexity index is 2320. The smallest absolute Gasteiger partial charge is 0.744 e. The number of anilines is 2. The molecule has 0 aromatic heterocycles. The summed E-state index contributed by atoms with van der Waals surface area (Å²) in [4.78, 5) is 26.4. The van der Waals surface area contributed by atoms with Gasteiger partial charge in [-0.1, -0.05) is 36.4 Å². The zero-order chi connectivity index (χ0) is 32.6. The molecule has 0 unspecified atom stereocenters. The number of aromatic hydroxyl groups is 2. The number of hydrogen-bond acceptors (Lipinski definition) is 11. The number of benzene rings is 6. The Labute approximate surface area is 321 Å². The van der Waals surface area contributed by atoms with Crippen LogP contribution < -0.4 is 75.0 Å². The molecule has 0 saturated heterocycles. The number of rotatable bonds is 8. The molecule has 2 amide bonds. The minimum atomic E-state index is -4.84. The number of amides is 2. The monoisotopic (exact) mass is 702 g/mol. The molecule has 0 spiro atoms. The van der Waals surface area contributed by atoms with Crippen LogP contribution in [0.5, 0.6) is 11.5 Å². The van der Waals surface area contributed by atoms with E-state index in [4.69, 9.17) is 0 Å². The Morgan fingerprint density at radius 2 is 1.19 bits per heavy atom. The normalized spacial score (nSPS) is 11.1. The molecule has 4 N–H and O–H groups in total. The van der Waals surface area contributed by atoms with Gasteiger partial charge in [0.2, 0.25) is 0 Å². The molecule has 12 nitrogen and oxygen atoms in total. The summed E-state index contributed by atoms with van der Waals surface area (Å²) in [7, 11) is -4.84. The predicted molar refractivity (Wildman–Crippen MR) is 167 cm³/mol. The van der Waals surface area contributed by atoms with Crippen LogP contribution in [-0.4, -0.2) is 35.0 Å². The van der Waals surface area contributed by atoms with E-state index >= 15 is 0 Å². The van der Waals surface area contributed by atoms with E-state index in [1.54, 1.807) is 48.5 Å². The van der Waals surface area contributed by atoms with Gasteiger partial charge in [-0.2, -0.15) is 4.33 Å². The van der Waals surface area contributed by atoms with E-state index in [0.717, 1.165) is 12.1 Å². The Kier molecular flexibility index (Phi) is 12.2. The predicted octanol–water partition coefficient (Wildman–Crippen LogP) is -0.795. The Morgan fingerprint density at radius 3 is 1.71 bits per heavy atom. The zero-order valence-electron chi connectivity index (χ0n) is 25.2. The van der Waals surface area contributed by atoms with Crippen LogP contribution >= 0.6 is 12.0 Å². The van der Waals surface area contributed by atoms with Crippen LogP contribution in [0, 0.1) is 0 Å². The van der Waals surface area contributed by atoms with E-state index in [1.165, 1.54) is 36.4 Å². The number of nitrogens with one attached hydrogen (secondary N) is 2. The van der Waals surface area contributed by atoms with E-state index in [2.05, 4.69) is 20.0 Å². The largest absolute Gasteiger partial charge is 1.00 e. The van der Waals surface area contributed by atoms with Crippen molar-refractivity contribution in [3.05, 3.63) is 108 Å². The number of hydrogen-bond donors (Lipinski definition) is 4. The van der Waals surface area contributed by atoms with Crippen molar-refractivity contribution in [2.24, 2.45) is 0 Å². The molecule has 0 aliphatic carbocycles. The quantitative estimate of drug-likeness (QED) is 0.0510. The summed E-state index contributed by atoms with van der Waals surface area (Å²) in [5.74, 6) is -1.45. The maximum atomic E-state index is 13.2. The molecule has 0 bridgehead atoms. The molecule has 0 saturated carbocycles. The van der Waals surface area contributed by atoms with Gasteiger partial charge >= 0.3 is 59.1 Å². The SMILES string of the molecule is O=C(Nc1cccc2c(SOO[O-])ccc(O)c12)c1ccc2cc(C(=O)Nc3cccc4c(S(=O)(=O)[O-])ccc(O)c34)ccc2c1.[Na+].[Na+]. The van der Waals surface area contributed by atoms with Crippen molar-refractivity contribution in [1.82, 2.24) is 0 Å². The fraction of sp³-hybridized carbons (Fsp3) is 0. The molecular weight excluding hydrogens is 682 g/mol. The molecule has 0 aliphatic rings. The third-order valence-corrected chi connectivity index (χ3v) is 8.79. The molecule has 0 aliphatic heterocycles. The zero-order valence-corrected chi connectivity index (χ0v) is 30.8. The fourth-order valence-corrected chi connectivity index (χ4v) is 6.35. The minimum Gasteiger partial charge on any atom is -0.744 e. The number of carbonyl (C=O) groups is 2. The molecule has 0 atom stereocenters. The molecule has 16 heteroatoms. The summed E-state index contributed by atoms with van der Waals surface area (Å²) in [6.45, 7) is 0. The van der Waals surface area contributed by atoms with Crippen molar-refractivity contribution in [2.75, 3.05) is 10.6 Å². The van der Waals surface area contributed by atoms with E-state index in [-0.39, 0.29) is 92.6 Å². The summed E-state index contributed by atoms with van der Waals surface area (Å²) in [6.07, 6.45) is 0. The Balaban J connectivity index is 0.00000260. The summed E-state index contributed by atoms with van der Waals surface area (Å²) >= 11 is 0.658. The van der Waals surface area contributed by atoms with Crippen LogP contribution in [0.3, 0.4) is 0 Å². The first-order valence-electron chi connectivity index (χ1n) is 13.3. The molecule has 48 heavy (non-hydrogen) atoms. The maximum Gasteiger partial charge on any atom is 1.00 e. The number of carbonyl (C=O) groups excluding carboxylic acids is 2. The molecule has 6 aromatic carbocycles. The van der Waals surface area contributed by atoms with Gasteiger partial charge in [-0.05, 0) is 71.4 Å². The molecular formula is C32H20N2Na2O10S2. The van der Waals surface area contributed by atoms with Crippen molar-refractivity contribution in [3.8, 4) is 11.5 Å². The van der Waals surface area contributed by atoms with Crippen LogP contribution in [0.15, 0.2) is 107 Å². The average Bonchev–Trinajstić information content (AvgIpc) is 3.03. The Morgan fingerprint density at radius 1 is 0.688 bits per heavy atom. The topological polar surface area (TPSA) is 197 Å². The van der Waals surface area contributed by atoms with Crippen LogP contribution in [0.4, 0.5) is 11.4 Å². The number of fused-ring (bicyclic) bond motifs is 3. The van der Waals surface area contributed by atoms with Gasteiger partial charge < -0.3 is 30.7 Å². The van der Waals surface area contributed by atoms with Gasteiger partial charge in [-0.25, -0.2) is 8.42 Å². The van der Waals surface area contributed by atoms with E-state index in [9.17, 15) is 38.0 Å². The minimum absolute atomic E-state index is 0. The van der Waals surface area contributed by atoms with Crippen LogP contribution in [0.25, 0.3) is 32.3 Å². The van der Waals surface area contributed by atoms with Gasteiger partial charge in [-0.15, -0.1) is 0 Å². The van der Waals surface area contributed by atoms with Crippen molar-refractivity contribution in [3.63, 3.8) is 0 Å². The van der Waals surface area contributed by atoms with Gasteiger partial charge in [0, 0.05) is 37.6 Å². The summed E-state index contributed by atoms with van der Waals surface area (Å²) in [6, 6.07) is 23.9. The van der Waals surface area contributed by atoms with Gasteiger partial charge in [0.25, 0.3) is 11.8 Å². The molecule has 0 radical (unpaired) electrons. The summed E-state index contributed by atoms with van der Waals surface area (Å²) in [5, 5.41) is 42.2. The summed E-state index contributed by atoms with van der Waals surface area (Å²) in [5.41, 5.74) is 0.955. The third-order valence-electron chi connectivity index (χ3n) is 7.24. The van der Waals surface area contributed by atoms with Crippen molar-refractivity contribution >= 4 is 77.7 Å². The van der Waals surface area contributed by atoms with E-state index in [0.29, 0.717) is 49.7 Å². The van der Waals surface area contributed by atoms with E-state index in [1.807, 2.05) is 0 Å². The molecule has 0 fully saturated rings. The average molecular weight is 703 g/mol. The van der Waals surface area contributed by atoms with Crippen LogP contribution in [-0.2, 0) is 19.5 Å². The van der Waals surface area contributed by atoms with E-state index < -0.39 is 26.8 Å². The molecule has 232 valence electrons. The van der Waals surface area contributed by atoms with Crippen molar-refractivity contribution < 1.29 is 107 Å². The van der Waals surface area contributed by atoms with Gasteiger partial charge in [0.05, 0.1) is 28.3 Å². The van der Waals surface area contributed by atoms with Gasteiger partial charge in [0.1, 0.15) is 21.6 Å². The first-order chi connectivity index (χ1) is 22.0. The van der Waals surface area contributed by atoms with Crippen LogP contribution in [0.1, 0.15) is 20.7 Å². The van der Waals surface area contributed by atoms with Gasteiger partial charge in [0.15, 0.2) is 0 Å². The maximum absolute atomic E-state index is 13.2. The van der Waals surface area contributed by atoms with Crippen molar-refractivity contribution in [2.45, 2.75) is 9.79 Å². The fourth-order valence-electron chi connectivity index (χ4n) is 5.19. The number of phenolic OH excluding ortho intramolecular Hbond substituents is 2. The molecule has 6 aromatic rings. The second kappa shape index (κ2) is 15.6. The first-order valence-corrected chi connectivity index (χ1v) is 15.4. The van der Waals surface area contributed by atoms with Crippen LogP contribution in [0.2, 0.25) is 0 Å². The first kappa shape index (κ1) is 37.6. The Hall–Kier alpha value is -3.22. The number of phenols is 2. The standard InChI is InChI=1S/C32H22N2O10S2.2Na/c35-25-11-13-27(45-44-43-39)21-3-1-5-23(29(21)25)33-31(37)19-9-7-18-16-20(10-8-17(18)15-19)32(38)34-24-6-2-4-22-28(46(40,41)42)14-12-26(36)30(22)24;;/h1-16,35-36,39H,(H,33,37)(H,34,38)(H,40,41,42);;/q;2*+1/p-2. The van der Waals surface area contributed by atoms with Gasteiger partial charge in [-0.3, -0.25) is 14.6 Å². The summed E-state index contributed by atoms with van der Waals surface area (Å²) < 4.78 is 39.6.